The summed E-state index contributed by atoms with van der Waals surface area (Å²) in [6, 6.07) is 7.77. The molecule has 1 aliphatic heterocycles. The summed E-state index contributed by atoms with van der Waals surface area (Å²) in [5.74, 6) is 1.69. The van der Waals surface area contributed by atoms with Crippen LogP contribution in [-0.2, 0) is 0 Å². The number of piperidine rings is 1. The minimum absolute atomic E-state index is 0.489. The van der Waals surface area contributed by atoms with E-state index in [1.54, 1.807) is 0 Å². The Bertz CT molecular complexity index is 612. The number of hydrogen-bond acceptors (Lipinski definition) is 5. The van der Waals surface area contributed by atoms with Gasteiger partial charge in [-0.2, -0.15) is 0 Å². The molecule has 1 aromatic heterocycles. The Morgan fingerprint density at radius 1 is 1.14 bits per heavy atom. The molecular formula is C17H23N3O2. The van der Waals surface area contributed by atoms with Crippen LogP contribution in [0.2, 0.25) is 0 Å². The minimum atomic E-state index is 0.489. The minimum Gasteiger partial charge on any atom is -0.474 e. The van der Waals surface area contributed by atoms with Crippen molar-refractivity contribution in [3.8, 4) is 11.8 Å². The number of ether oxygens (including phenoxy) is 2. The van der Waals surface area contributed by atoms with Crippen LogP contribution in [0, 0.1) is 5.92 Å². The van der Waals surface area contributed by atoms with E-state index in [-0.39, 0.29) is 0 Å². The standard InChI is InChI=1S/C17H23N3O2/c1-2-21-16-17(20-15-8-4-3-7-14(15)19-16)22-11-9-13-6-5-10-18-12-13/h3-4,7-8,13,18H,2,5-6,9-12H2,1H3/t13-/m0/s1. The third kappa shape index (κ3) is 3.65. The van der Waals surface area contributed by atoms with Crippen LogP contribution in [0.1, 0.15) is 26.2 Å². The van der Waals surface area contributed by atoms with Gasteiger partial charge >= 0.3 is 0 Å². The number of nitrogens with one attached hydrogen (secondary N) is 1. The number of benzene rings is 1. The average molecular weight is 301 g/mol. The normalized spacial score (nSPS) is 18.3. The third-order valence-corrected chi connectivity index (χ3v) is 3.95. The van der Waals surface area contributed by atoms with E-state index in [1.807, 2.05) is 31.2 Å². The molecule has 0 bridgehead atoms. The highest BCUT2D eigenvalue weighted by molar-refractivity contribution is 5.75. The number of hydrogen-bond donors (Lipinski definition) is 1. The van der Waals surface area contributed by atoms with Crippen molar-refractivity contribution in [3.63, 3.8) is 0 Å². The quantitative estimate of drug-likeness (QED) is 0.889. The van der Waals surface area contributed by atoms with Gasteiger partial charge < -0.3 is 14.8 Å². The number of fused-ring (bicyclic) bond motifs is 1. The van der Waals surface area contributed by atoms with Gasteiger partial charge in [0.1, 0.15) is 0 Å². The Balaban J connectivity index is 1.69. The van der Waals surface area contributed by atoms with E-state index >= 15 is 0 Å². The lowest BCUT2D eigenvalue weighted by Crippen LogP contribution is -2.30. The molecule has 2 heterocycles. The molecule has 2 aromatic rings. The molecule has 1 aliphatic rings. The van der Waals surface area contributed by atoms with E-state index in [1.165, 1.54) is 12.8 Å². The van der Waals surface area contributed by atoms with Crippen LogP contribution in [0.5, 0.6) is 11.8 Å². The highest BCUT2D eigenvalue weighted by Gasteiger charge is 2.15. The molecule has 118 valence electrons. The lowest BCUT2D eigenvalue weighted by Gasteiger charge is -2.22. The Labute approximate surface area is 131 Å². The summed E-state index contributed by atoms with van der Waals surface area (Å²) in [4.78, 5) is 9.06. The molecule has 1 N–H and O–H groups in total. The fourth-order valence-electron chi connectivity index (χ4n) is 2.79. The summed E-state index contributed by atoms with van der Waals surface area (Å²) in [5.41, 5.74) is 1.66. The van der Waals surface area contributed by atoms with Gasteiger partial charge in [-0.3, -0.25) is 0 Å². The van der Waals surface area contributed by atoms with Crippen molar-refractivity contribution in [1.82, 2.24) is 15.3 Å². The molecule has 3 rings (SSSR count). The van der Waals surface area contributed by atoms with E-state index in [0.29, 0.717) is 30.9 Å². The van der Waals surface area contributed by atoms with Crippen LogP contribution in [0.15, 0.2) is 24.3 Å². The smallest absolute Gasteiger partial charge is 0.278 e. The van der Waals surface area contributed by atoms with E-state index in [0.717, 1.165) is 30.5 Å². The second kappa shape index (κ2) is 7.40. The van der Waals surface area contributed by atoms with Crippen molar-refractivity contribution in [3.05, 3.63) is 24.3 Å². The van der Waals surface area contributed by atoms with Gasteiger partial charge in [0.15, 0.2) is 0 Å². The first-order valence-electron chi connectivity index (χ1n) is 8.10. The molecular weight excluding hydrogens is 278 g/mol. The Kier molecular flexibility index (Phi) is 5.06. The fraction of sp³-hybridized carbons (Fsp3) is 0.529. The zero-order valence-corrected chi connectivity index (χ0v) is 13.0. The van der Waals surface area contributed by atoms with Gasteiger partial charge in [0.25, 0.3) is 11.8 Å². The van der Waals surface area contributed by atoms with Crippen molar-refractivity contribution >= 4 is 11.0 Å². The van der Waals surface area contributed by atoms with Gasteiger partial charge in [0, 0.05) is 0 Å². The first-order valence-corrected chi connectivity index (χ1v) is 8.10. The molecule has 1 aromatic carbocycles. The average Bonchev–Trinajstić information content (AvgIpc) is 2.56. The molecule has 0 saturated carbocycles. The number of rotatable bonds is 6. The first kappa shape index (κ1) is 15.0. The molecule has 1 fully saturated rings. The SMILES string of the molecule is CCOc1nc2ccccc2nc1OCC[C@@H]1CCCNC1. The van der Waals surface area contributed by atoms with Crippen LogP contribution >= 0.6 is 0 Å². The summed E-state index contributed by atoms with van der Waals surface area (Å²) < 4.78 is 11.5. The van der Waals surface area contributed by atoms with E-state index < -0.39 is 0 Å². The molecule has 5 heteroatoms. The summed E-state index contributed by atoms with van der Waals surface area (Å²) in [6.07, 6.45) is 3.57. The maximum absolute atomic E-state index is 5.87. The zero-order chi connectivity index (χ0) is 15.2. The first-order chi connectivity index (χ1) is 10.9. The maximum Gasteiger partial charge on any atom is 0.278 e. The van der Waals surface area contributed by atoms with Crippen molar-refractivity contribution in [2.75, 3.05) is 26.3 Å². The number of nitrogens with zero attached hydrogens (tertiary/aromatic N) is 2. The molecule has 5 nitrogen and oxygen atoms in total. The highest BCUT2D eigenvalue weighted by atomic mass is 16.5. The Morgan fingerprint density at radius 3 is 2.50 bits per heavy atom. The molecule has 0 radical (unpaired) electrons. The van der Waals surface area contributed by atoms with Gasteiger partial charge in [-0.05, 0) is 57.3 Å². The van der Waals surface area contributed by atoms with Gasteiger partial charge in [0.05, 0.1) is 24.2 Å². The van der Waals surface area contributed by atoms with Gasteiger partial charge in [-0.15, -0.1) is 0 Å². The second-order valence-corrected chi connectivity index (χ2v) is 5.61. The van der Waals surface area contributed by atoms with E-state index in [2.05, 4.69) is 15.3 Å². The van der Waals surface area contributed by atoms with Crippen LogP contribution < -0.4 is 14.8 Å². The lowest BCUT2D eigenvalue weighted by molar-refractivity contribution is 0.229. The molecule has 22 heavy (non-hydrogen) atoms. The van der Waals surface area contributed by atoms with Gasteiger partial charge in [-0.1, -0.05) is 12.1 Å². The third-order valence-electron chi connectivity index (χ3n) is 3.95. The van der Waals surface area contributed by atoms with E-state index in [4.69, 9.17) is 9.47 Å². The largest absolute Gasteiger partial charge is 0.474 e. The molecule has 0 unspecified atom stereocenters. The predicted octanol–water partition coefficient (Wildman–Crippen LogP) is 2.80. The molecule has 1 saturated heterocycles. The van der Waals surface area contributed by atoms with Crippen molar-refractivity contribution < 1.29 is 9.47 Å². The van der Waals surface area contributed by atoms with Crippen molar-refractivity contribution in [2.24, 2.45) is 5.92 Å². The highest BCUT2D eigenvalue weighted by Crippen LogP contribution is 2.26. The Morgan fingerprint density at radius 2 is 1.86 bits per heavy atom. The molecule has 0 aliphatic carbocycles. The van der Waals surface area contributed by atoms with Gasteiger partial charge in [-0.25, -0.2) is 9.97 Å². The van der Waals surface area contributed by atoms with Crippen LogP contribution in [-0.4, -0.2) is 36.3 Å². The number of aromatic nitrogens is 2. The van der Waals surface area contributed by atoms with Crippen LogP contribution in [0.4, 0.5) is 0 Å². The van der Waals surface area contributed by atoms with Crippen molar-refractivity contribution in [2.45, 2.75) is 26.2 Å². The van der Waals surface area contributed by atoms with E-state index in [9.17, 15) is 0 Å². The monoisotopic (exact) mass is 301 g/mol. The van der Waals surface area contributed by atoms with Crippen LogP contribution in [0.3, 0.4) is 0 Å². The second-order valence-electron chi connectivity index (χ2n) is 5.61. The zero-order valence-electron chi connectivity index (χ0n) is 13.0. The van der Waals surface area contributed by atoms with Gasteiger partial charge in [0.2, 0.25) is 0 Å². The lowest BCUT2D eigenvalue weighted by atomic mass is 9.97. The molecule has 0 spiro atoms. The summed E-state index contributed by atoms with van der Waals surface area (Å²) in [7, 11) is 0. The summed E-state index contributed by atoms with van der Waals surface area (Å²) >= 11 is 0. The number of para-hydroxylation sites is 2. The maximum atomic E-state index is 5.87. The topological polar surface area (TPSA) is 56.3 Å². The molecule has 1 atom stereocenters. The summed E-state index contributed by atoms with van der Waals surface area (Å²) in [6.45, 7) is 5.37. The summed E-state index contributed by atoms with van der Waals surface area (Å²) in [5, 5.41) is 3.43. The van der Waals surface area contributed by atoms with Crippen LogP contribution in [0.25, 0.3) is 11.0 Å². The predicted molar refractivity (Wildman–Crippen MR) is 86.4 cm³/mol. The Hall–Kier alpha value is -1.88. The fourth-order valence-corrected chi connectivity index (χ4v) is 2.79. The molecule has 0 amide bonds. The van der Waals surface area contributed by atoms with Crippen molar-refractivity contribution in [1.29, 1.82) is 0 Å².